The van der Waals surface area contributed by atoms with Crippen LogP contribution in [0.25, 0.3) is 46.0 Å². The molecule has 2 aliphatic heterocycles. The molecule has 0 amide bonds. The fourth-order valence-corrected chi connectivity index (χ4v) is 5.83. The van der Waals surface area contributed by atoms with Crippen molar-refractivity contribution in [3.8, 4) is 33.9 Å². The molecule has 0 bridgehead atoms. The molecule has 8 nitrogen and oxygen atoms in total. The first-order chi connectivity index (χ1) is 22.8. The van der Waals surface area contributed by atoms with Crippen LogP contribution in [0.4, 0.5) is 0 Å². The van der Waals surface area contributed by atoms with Gasteiger partial charge >= 0.3 is 0 Å². The molecule has 230 valence electrons. The molecule has 2 aromatic heterocycles. The van der Waals surface area contributed by atoms with E-state index in [1.54, 1.807) is 9.59 Å². The summed E-state index contributed by atoms with van der Waals surface area (Å²) in [7, 11) is 0. The molecule has 4 heterocycles. The summed E-state index contributed by atoms with van der Waals surface area (Å²) in [6.07, 6.45) is 21.7. The predicted molar refractivity (Wildman–Crippen MR) is 185 cm³/mol. The molecule has 2 saturated heterocycles. The Kier molecular flexibility index (Phi) is 8.94. The highest BCUT2D eigenvalue weighted by Crippen LogP contribution is 2.28. The second-order valence-corrected chi connectivity index (χ2v) is 11.6. The Morgan fingerprint density at radius 2 is 0.826 bits per heavy atom. The first kappa shape index (κ1) is 29.2. The summed E-state index contributed by atoms with van der Waals surface area (Å²) in [5, 5.41) is 19.5. The van der Waals surface area contributed by atoms with Crippen molar-refractivity contribution in [2.45, 2.75) is 25.7 Å². The lowest BCUT2D eigenvalue weighted by molar-refractivity contribution is 0.468. The van der Waals surface area contributed by atoms with Crippen LogP contribution in [-0.4, -0.2) is 66.0 Å². The van der Waals surface area contributed by atoms with Crippen LogP contribution in [0.3, 0.4) is 0 Å². The van der Waals surface area contributed by atoms with E-state index in [1.165, 1.54) is 25.7 Å². The van der Waals surface area contributed by atoms with Crippen molar-refractivity contribution in [3.05, 3.63) is 133 Å². The summed E-state index contributed by atoms with van der Waals surface area (Å²) in [6, 6.07) is 28.4. The number of nitrogens with zero attached hydrogens (tertiary/aromatic N) is 8. The Labute approximate surface area is 270 Å². The highest BCUT2D eigenvalue weighted by Gasteiger charge is 2.16. The number of para-hydroxylation sites is 2. The van der Waals surface area contributed by atoms with Crippen molar-refractivity contribution in [1.82, 2.24) is 39.8 Å². The molecule has 0 unspecified atom stereocenters. The lowest BCUT2D eigenvalue weighted by Crippen LogP contribution is -2.09. The molecule has 2 fully saturated rings. The molecule has 0 radical (unpaired) electrons. The second kappa shape index (κ2) is 14.1. The van der Waals surface area contributed by atoms with Crippen molar-refractivity contribution in [2.75, 3.05) is 26.2 Å². The molecule has 7 rings (SSSR count). The van der Waals surface area contributed by atoms with Crippen LogP contribution in [0.1, 0.15) is 37.1 Å². The van der Waals surface area contributed by atoms with Crippen molar-refractivity contribution < 1.29 is 0 Å². The normalized spacial score (nSPS) is 15.6. The third-order valence-electron chi connectivity index (χ3n) is 8.29. The van der Waals surface area contributed by atoms with Gasteiger partial charge in [0.15, 0.2) is 0 Å². The van der Waals surface area contributed by atoms with Crippen LogP contribution in [0.5, 0.6) is 0 Å². The standard InChI is InChI=1S/C38H38N8/c1-3-15-33(16-4-1)45-39-35(19-7-9-25-43-27-11-12-28-43)37(41-45)31-21-23-32(24-22-31)38-36(20-8-10-26-44-29-13-14-30-44)40-46(42-38)34-17-5-2-6-18-34/h1-10,15-26H,11-14,27-30H2/b19-7+,20-8+,25-9+,26-10+. The molecular formula is C38H38N8. The van der Waals surface area contributed by atoms with Gasteiger partial charge in [0.1, 0.15) is 22.8 Å². The summed E-state index contributed by atoms with van der Waals surface area (Å²) >= 11 is 0. The monoisotopic (exact) mass is 606 g/mol. The average molecular weight is 607 g/mol. The minimum absolute atomic E-state index is 0.811. The largest absolute Gasteiger partial charge is 0.377 e. The zero-order chi connectivity index (χ0) is 31.0. The van der Waals surface area contributed by atoms with E-state index in [-0.39, 0.29) is 0 Å². The van der Waals surface area contributed by atoms with Crippen LogP contribution in [0.2, 0.25) is 0 Å². The molecule has 0 N–H and O–H groups in total. The van der Waals surface area contributed by atoms with Crippen LogP contribution in [0, 0.1) is 0 Å². The Balaban J connectivity index is 1.19. The minimum Gasteiger partial charge on any atom is -0.377 e. The third-order valence-corrected chi connectivity index (χ3v) is 8.29. The smallest absolute Gasteiger partial charge is 0.120 e. The molecule has 5 aromatic rings. The van der Waals surface area contributed by atoms with E-state index >= 15 is 0 Å². The van der Waals surface area contributed by atoms with Gasteiger partial charge in [-0.15, -0.1) is 20.4 Å². The van der Waals surface area contributed by atoms with Crippen molar-refractivity contribution in [1.29, 1.82) is 0 Å². The predicted octanol–water partition coefficient (Wildman–Crippen LogP) is 7.43. The fraction of sp³-hybridized carbons (Fsp3) is 0.211. The number of allylic oxidation sites excluding steroid dienone is 4. The Morgan fingerprint density at radius 3 is 1.22 bits per heavy atom. The summed E-state index contributed by atoms with van der Waals surface area (Å²) in [4.78, 5) is 8.12. The van der Waals surface area contributed by atoms with Crippen LogP contribution in [0.15, 0.2) is 122 Å². The maximum absolute atomic E-state index is 4.92. The maximum atomic E-state index is 4.92. The average Bonchev–Trinajstić information content (AvgIpc) is 3.94. The summed E-state index contributed by atoms with van der Waals surface area (Å²) < 4.78 is 0. The molecule has 2 aliphatic rings. The number of likely N-dealkylation sites (tertiary alicyclic amines) is 2. The molecule has 8 heteroatoms. The quantitative estimate of drug-likeness (QED) is 0.154. The number of hydrogen-bond donors (Lipinski definition) is 0. The van der Waals surface area contributed by atoms with Gasteiger partial charge in [-0.2, -0.15) is 9.59 Å². The molecule has 0 spiro atoms. The van der Waals surface area contributed by atoms with Crippen molar-refractivity contribution >= 4 is 12.2 Å². The first-order valence-electron chi connectivity index (χ1n) is 16.1. The zero-order valence-electron chi connectivity index (χ0n) is 25.9. The van der Waals surface area contributed by atoms with Gasteiger partial charge in [-0.05, 0) is 86.7 Å². The summed E-state index contributed by atoms with van der Waals surface area (Å²) in [6.45, 7) is 4.49. The van der Waals surface area contributed by atoms with Gasteiger partial charge < -0.3 is 9.80 Å². The van der Waals surface area contributed by atoms with Crippen molar-refractivity contribution in [3.63, 3.8) is 0 Å². The molecule has 46 heavy (non-hydrogen) atoms. The highest BCUT2D eigenvalue weighted by molar-refractivity contribution is 5.75. The summed E-state index contributed by atoms with van der Waals surface area (Å²) in [5.74, 6) is 0. The second-order valence-electron chi connectivity index (χ2n) is 11.6. The van der Waals surface area contributed by atoms with E-state index in [1.807, 2.05) is 85.0 Å². The van der Waals surface area contributed by atoms with Gasteiger partial charge in [-0.3, -0.25) is 0 Å². The van der Waals surface area contributed by atoms with E-state index in [4.69, 9.17) is 20.4 Å². The lowest BCUT2D eigenvalue weighted by atomic mass is 10.0. The van der Waals surface area contributed by atoms with E-state index in [9.17, 15) is 0 Å². The van der Waals surface area contributed by atoms with E-state index in [0.29, 0.717) is 0 Å². The molecule has 0 aliphatic carbocycles. The summed E-state index contributed by atoms with van der Waals surface area (Å²) in [5.41, 5.74) is 7.06. The van der Waals surface area contributed by atoms with Crippen molar-refractivity contribution in [2.24, 2.45) is 0 Å². The third kappa shape index (κ3) is 6.91. The lowest BCUT2D eigenvalue weighted by Gasteiger charge is -2.08. The Bertz CT molecular complexity index is 1700. The molecular weight excluding hydrogens is 568 g/mol. The minimum atomic E-state index is 0.811. The Morgan fingerprint density at radius 1 is 0.435 bits per heavy atom. The fourth-order valence-electron chi connectivity index (χ4n) is 5.83. The van der Waals surface area contributed by atoms with Crippen LogP contribution >= 0.6 is 0 Å². The van der Waals surface area contributed by atoms with Gasteiger partial charge in [0, 0.05) is 37.3 Å². The van der Waals surface area contributed by atoms with Gasteiger partial charge in [-0.1, -0.05) is 72.8 Å². The number of hydrogen-bond acceptors (Lipinski definition) is 6. The Hall–Kier alpha value is -5.50. The number of rotatable bonds is 10. The maximum Gasteiger partial charge on any atom is 0.120 e. The van der Waals surface area contributed by atoms with E-state index < -0.39 is 0 Å². The highest BCUT2D eigenvalue weighted by atomic mass is 15.5. The topological polar surface area (TPSA) is 67.9 Å². The van der Waals surface area contributed by atoms with Crippen LogP contribution < -0.4 is 0 Å². The molecule has 3 aromatic carbocycles. The van der Waals surface area contributed by atoms with Gasteiger partial charge in [0.05, 0.1) is 11.4 Å². The van der Waals surface area contributed by atoms with Crippen LogP contribution in [-0.2, 0) is 0 Å². The molecule has 0 atom stereocenters. The molecule has 0 saturated carbocycles. The van der Waals surface area contributed by atoms with Gasteiger partial charge in [0.2, 0.25) is 0 Å². The van der Waals surface area contributed by atoms with E-state index in [2.05, 4.69) is 58.6 Å². The first-order valence-corrected chi connectivity index (χ1v) is 16.1. The van der Waals surface area contributed by atoms with E-state index in [0.717, 1.165) is 71.5 Å². The zero-order valence-corrected chi connectivity index (χ0v) is 25.9. The van der Waals surface area contributed by atoms with Gasteiger partial charge in [-0.25, -0.2) is 0 Å². The SMILES string of the molecule is C(/C=C/N1CCCC1)=C\c1nn(-c2ccccc2)nc1-c1ccc(-c2nn(-c3ccccc3)nc2/C=C/C=C/N2CCCC2)cc1. The number of aromatic nitrogens is 6. The van der Waals surface area contributed by atoms with Gasteiger partial charge in [0.25, 0.3) is 0 Å². The number of benzene rings is 3.